The molecular formula is C16H12BrClN2O. The van der Waals surface area contributed by atoms with Crippen LogP contribution < -0.4 is 5.32 Å². The quantitative estimate of drug-likeness (QED) is 0.807. The fraction of sp³-hybridized carbons (Fsp3) is 0.125. The summed E-state index contributed by atoms with van der Waals surface area (Å²) in [6.07, 6.45) is 0. The molecule has 5 heteroatoms. The normalized spacial score (nSPS) is 17.6. The Hall–Kier alpha value is -1.65. The Morgan fingerprint density at radius 3 is 2.81 bits per heavy atom. The average Bonchev–Trinajstić information content (AvgIpc) is 2.57. The topological polar surface area (TPSA) is 41.5 Å². The number of rotatable bonds is 1. The molecule has 1 aliphatic rings. The van der Waals surface area contributed by atoms with Crippen molar-refractivity contribution < 1.29 is 4.79 Å². The van der Waals surface area contributed by atoms with Crippen LogP contribution in [0.5, 0.6) is 0 Å². The molecular weight excluding hydrogens is 352 g/mol. The second-order valence-corrected chi connectivity index (χ2v) is 6.20. The number of carbonyl (C=O) groups excluding carboxylic acids is 1. The summed E-state index contributed by atoms with van der Waals surface area (Å²) >= 11 is 9.55. The Kier molecular flexibility index (Phi) is 3.83. The Morgan fingerprint density at radius 1 is 1.24 bits per heavy atom. The van der Waals surface area contributed by atoms with Gasteiger partial charge < -0.3 is 5.32 Å². The van der Waals surface area contributed by atoms with Gasteiger partial charge in [-0.1, -0.05) is 39.7 Å². The molecule has 1 N–H and O–H groups in total. The minimum Gasteiger partial charge on any atom is -0.324 e. The van der Waals surface area contributed by atoms with Gasteiger partial charge in [0.2, 0.25) is 5.91 Å². The summed E-state index contributed by atoms with van der Waals surface area (Å²) in [4.78, 5) is 16.6. The average molecular weight is 364 g/mol. The lowest BCUT2D eigenvalue weighted by Gasteiger charge is -2.10. The molecule has 2 aromatic carbocycles. The van der Waals surface area contributed by atoms with Gasteiger partial charge in [-0.15, -0.1) is 0 Å². The standard InChI is InChI=1S/C16H12BrClN2O/c1-9-16(21)20-14-6-5-11(17)8-13(14)15(19-9)10-3-2-4-12(18)7-10/h2-9H,1H3,(H,20,21). The zero-order valence-corrected chi connectivity index (χ0v) is 13.6. The molecule has 1 amide bonds. The molecule has 3 nitrogen and oxygen atoms in total. The van der Waals surface area contributed by atoms with E-state index in [1.807, 2.05) is 42.5 Å². The highest BCUT2D eigenvalue weighted by Crippen LogP contribution is 2.28. The largest absolute Gasteiger partial charge is 0.324 e. The van der Waals surface area contributed by atoms with E-state index in [0.717, 1.165) is 27.0 Å². The van der Waals surface area contributed by atoms with E-state index in [0.29, 0.717) is 5.02 Å². The monoisotopic (exact) mass is 362 g/mol. The van der Waals surface area contributed by atoms with Crippen molar-refractivity contribution in [1.29, 1.82) is 0 Å². The molecule has 1 atom stereocenters. The second kappa shape index (κ2) is 5.62. The minimum absolute atomic E-state index is 0.115. The first kappa shape index (κ1) is 14.3. The molecule has 1 heterocycles. The maximum atomic E-state index is 12.0. The van der Waals surface area contributed by atoms with E-state index in [2.05, 4.69) is 26.2 Å². The molecule has 2 aromatic rings. The molecule has 0 fully saturated rings. The third kappa shape index (κ3) is 2.87. The van der Waals surface area contributed by atoms with Gasteiger partial charge in [-0.2, -0.15) is 0 Å². The molecule has 0 saturated carbocycles. The number of aliphatic imine (C=N–C) groups is 1. The molecule has 106 valence electrons. The predicted molar refractivity (Wildman–Crippen MR) is 89.3 cm³/mol. The van der Waals surface area contributed by atoms with Crippen LogP contribution in [0.4, 0.5) is 5.69 Å². The Bertz CT molecular complexity index is 758. The third-order valence-corrected chi connectivity index (χ3v) is 4.02. The zero-order chi connectivity index (χ0) is 15.0. The third-order valence-electron chi connectivity index (χ3n) is 3.29. The number of hydrogen-bond acceptors (Lipinski definition) is 2. The van der Waals surface area contributed by atoms with Gasteiger partial charge in [-0.25, -0.2) is 0 Å². The van der Waals surface area contributed by atoms with Crippen LogP contribution in [0.15, 0.2) is 51.9 Å². The summed E-state index contributed by atoms with van der Waals surface area (Å²) < 4.78 is 0.930. The minimum atomic E-state index is -0.454. The van der Waals surface area contributed by atoms with E-state index < -0.39 is 6.04 Å². The predicted octanol–water partition coefficient (Wildman–Crippen LogP) is 4.28. The van der Waals surface area contributed by atoms with E-state index in [1.54, 1.807) is 6.92 Å². The van der Waals surface area contributed by atoms with E-state index in [9.17, 15) is 4.79 Å². The van der Waals surface area contributed by atoms with Crippen molar-refractivity contribution >= 4 is 44.8 Å². The van der Waals surface area contributed by atoms with Crippen LogP contribution in [0.3, 0.4) is 0 Å². The SMILES string of the molecule is CC1N=C(c2cccc(Cl)c2)c2cc(Br)ccc2NC1=O. The van der Waals surface area contributed by atoms with Gasteiger partial charge in [0, 0.05) is 20.6 Å². The first-order valence-electron chi connectivity index (χ1n) is 6.49. The Morgan fingerprint density at radius 2 is 2.05 bits per heavy atom. The van der Waals surface area contributed by atoms with E-state index in [-0.39, 0.29) is 5.91 Å². The number of benzene rings is 2. The summed E-state index contributed by atoms with van der Waals surface area (Å²) in [6.45, 7) is 1.78. The number of halogens is 2. The summed E-state index contributed by atoms with van der Waals surface area (Å²) in [7, 11) is 0. The highest BCUT2D eigenvalue weighted by Gasteiger charge is 2.22. The van der Waals surface area contributed by atoms with E-state index in [4.69, 9.17) is 11.6 Å². The number of anilines is 1. The maximum absolute atomic E-state index is 12.0. The number of hydrogen-bond donors (Lipinski definition) is 1. The lowest BCUT2D eigenvalue weighted by Crippen LogP contribution is -2.22. The molecule has 0 aliphatic carbocycles. The van der Waals surface area contributed by atoms with Gasteiger partial charge in [0.25, 0.3) is 0 Å². The Labute approximate surface area is 136 Å². The van der Waals surface area contributed by atoms with Crippen LogP contribution in [0, 0.1) is 0 Å². The summed E-state index contributed by atoms with van der Waals surface area (Å²) in [5.41, 5.74) is 3.29. The molecule has 0 saturated heterocycles. The smallest absolute Gasteiger partial charge is 0.248 e. The first-order chi connectivity index (χ1) is 10.0. The van der Waals surface area contributed by atoms with Gasteiger partial charge in [0.15, 0.2) is 0 Å². The second-order valence-electron chi connectivity index (χ2n) is 4.84. The van der Waals surface area contributed by atoms with Crippen molar-refractivity contribution in [2.45, 2.75) is 13.0 Å². The van der Waals surface area contributed by atoms with Crippen LogP contribution in [0.2, 0.25) is 5.02 Å². The molecule has 0 bridgehead atoms. The number of fused-ring (bicyclic) bond motifs is 1. The van der Waals surface area contributed by atoms with E-state index >= 15 is 0 Å². The van der Waals surface area contributed by atoms with Crippen molar-refractivity contribution in [3.63, 3.8) is 0 Å². The number of benzodiazepines with no additional fused rings is 1. The molecule has 0 aromatic heterocycles. The highest BCUT2D eigenvalue weighted by atomic mass is 79.9. The van der Waals surface area contributed by atoms with E-state index in [1.165, 1.54) is 0 Å². The van der Waals surface area contributed by atoms with Gasteiger partial charge in [-0.3, -0.25) is 9.79 Å². The number of carbonyl (C=O) groups is 1. The number of nitrogens with zero attached hydrogens (tertiary/aromatic N) is 1. The fourth-order valence-corrected chi connectivity index (χ4v) is 2.80. The Balaban J connectivity index is 2.24. The molecule has 0 spiro atoms. The van der Waals surface area contributed by atoms with Gasteiger partial charge in [0.1, 0.15) is 6.04 Å². The van der Waals surface area contributed by atoms with Crippen molar-refractivity contribution in [3.8, 4) is 0 Å². The maximum Gasteiger partial charge on any atom is 0.248 e. The lowest BCUT2D eigenvalue weighted by molar-refractivity contribution is -0.116. The summed E-state index contributed by atoms with van der Waals surface area (Å²) in [5, 5.41) is 3.55. The lowest BCUT2D eigenvalue weighted by atomic mass is 10.0. The van der Waals surface area contributed by atoms with Crippen LogP contribution in [0.25, 0.3) is 0 Å². The van der Waals surface area contributed by atoms with Crippen LogP contribution in [-0.2, 0) is 4.79 Å². The summed E-state index contributed by atoms with van der Waals surface area (Å²) in [6, 6.07) is 12.8. The molecule has 21 heavy (non-hydrogen) atoms. The van der Waals surface area contributed by atoms with Crippen molar-refractivity contribution in [2.75, 3.05) is 5.32 Å². The van der Waals surface area contributed by atoms with Crippen LogP contribution in [-0.4, -0.2) is 17.7 Å². The number of amides is 1. The zero-order valence-electron chi connectivity index (χ0n) is 11.2. The fourth-order valence-electron chi connectivity index (χ4n) is 2.25. The molecule has 3 rings (SSSR count). The van der Waals surface area contributed by atoms with Gasteiger partial charge in [0.05, 0.1) is 11.4 Å². The van der Waals surface area contributed by atoms with Crippen molar-refractivity contribution in [1.82, 2.24) is 0 Å². The highest BCUT2D eigenvalue weighted by molar-refractivity contribution is 9.10. The van der Waals surface area contributed by atoms with Gasteiger partial charge >= 0.3 is 0 Å². The van der Waals surface area contributed by atoms with Crippen molar-refractivity contribution in [2.24, 2.45) is 4.99 Å². The van der Waals surface area contributed by atoms with Gasteiger partial charge in [-0.05, 0) is 37.3 Å². The number of nitrogens with one attached hydrogen (secondary N) is 1. The van der Waals surface area contributed by atoms with Crippen LogP contribution >= 0.6 is 27.5 Å². The first-order valence-corrected chi connectivity index (χ1v) is 7.66. The molecule has 1 aliphatic heterocycles. The van der Waals surface area contributed by atoms with Crippen LogP contribution in [0.1, 0.15) is 18.1 Å². The van der Waals surface area contributed by atoms with Crippen molar-refractivity contribution in [3.05, 3.63) is 63.1 Å². The molecule has 1 unspecified atom stereocenters. The summed E-state index contributed by atoms with van der Waals surface area (Å²) in [5.74, 6) is -0.115. The molecule has 0 radical (unpaired) electrons.